The van der Waals surface area contributed by atoms with Gasteiger partial charge >= 0.3 is 0 Å². The molecule has 3 aromatic rings. The summed E-state index contributed by atoms with van der Waals surface area (Å²) in [5.41, 5.74) is 7.77. The number of aromatic amines is 1. The van der Waals surface area contributed by atoms with Gasteiger partial charge in [0.15, 0.2) is 0 Å². The number of pyridine rings is 1. The Bertz CT molecular complexity index is 768. The summed E-state index contributed by atoms with van der Waals surface area (Å²) in [6.45, 7) is 12.8. The highest BCUT2D eigenvalue weighted by molar-refractivity contribution is 5.80. The molecule has 0 radical (unpaired) electrons. The molecule has 2 aromatic heterocycles. The van der Waals surface area contributed by atoms with Gasteiger partial charge in [-0.25, -0.2) is 4.98 Å². The minimum absolute atomic E-state index is 0.368. The molecule has 1 N–H and O–H groups in total. The first-order valence-corrected chi connectivity index (χ1v) is 8.07. The predicted molar refractivity (Wildman–Crippen MR) is 95.6 cm³/mol. The summed E-state index contributed by atoms with van der Waals surface area (Å²) in [7, 11) is 0. The molecule has 1 aromatic carbocycles. The molecule has 0 aliphatic rings. The van der Waals surface area contributed by atoms with Gasteiger partial charge in [0.1, 0.15) is 5.65 Å². The molecule has 2 heterocycles. The van der Waals surface area contributed by atoms with Crippen molar-refractivity contribution < 1.29 is 0 Å². The van der Waals surface area contributed by atoms with Gasteiger partial charge in [0.2, 0.25) is 0 Å². The maximum absolute atomic E-state index is 4.38. The van der Waals surface area contributed by atoms with E-state index in [-0.39, 0.29) is 0 Å². The summed E-state index contributed by atoms with van der Waals surface area (Å²) < 4.78 is 0. The fourth-order valence-corrected chi connectivity index (χ4v) is 2.95. The van der Waals surface area contributed by atoms with Crippen LogP contribution < -0.4 is 0 Å². The Balaban J connectivity index is 0.000000847. The van der Waals surface area contributed by atoms with Gasteiger partial charge < -0.3 is 4.98 Å². The molecule has 1 atom stereocenters. The molecule has 0 spiro atoms. The van der Waals surface area contributed by atoms with Gasteiger partial charge in [-0.1, -0.05) is 32.9 Å². The van der Waals surface area contributed by atoms with E-state index in [0.29, 0.717) is 5.92 Å². The smallest absolute Gasteiger partial charge is 0.137 e. The minimum Gasteiger partial charge on any atom is -0.346 e. The number of benzene rings is 1. The normalized spacial score (nSPS) is 11.9. The first kappa shape index (κ1) is 16.3. The van der Waals surface area contributed by atoms with Crippen molar-refractivity contribution in [1.82, 2.24) is 9.97 Å². The fraction of sp³-hybridized carbons (Fsp3) is 0.350. The third-order valence-corrected chi connectivity index (χ3v) is 4.30. The summed E-state index contributed by atoms with van der Waals surface area (Å²) in [6.07, 6.45) is 3.92. The lowest BCUT2D eigenvalue weighted by Gasteiger charge is -2.16. The maximum atomic E-state index is 4.38. The summed E-state index contributed by atoms with van der Waals surface area (Å²) in [6, 6.07) is 8.75. The van der Waals surface area contributed by atoms with Crippen molar-refractivity contribution in [3.63, 3.8) is 0 Å². The third-order valence-electron chi connectivity index (χ3n) is 4.30. The van der Waals surface area contributed by atoms with Crippen LogP contribution in [-0.4, -0.2) is 9.97 Å². The average Bonchev–Trinajstić information content (AvgIpc) is 2.96. The zero-order valence-corrected chi connectivity index (χ0v) is 14.5. The molecule has 3 rings (SSSR count). The summed E-state index contributed by atoms with van der Waals surface area (Å²) >= 11 is 0. The van der Waals surface area contributed by atoms with Crippen molar-refractivity contribution in [2.75, 3.05) is 0 Å². The molecule has 0 amide bonds. The van der Waals surface area contributed by atoms with Crippen LogP contribution in [0.15, 0.2) is 36.7 Å². The molecular weight excluding hydrogens is 268 g/mol. The lowest BCUT2D eigenvalue weighted by Crippen LogP contribution is -2.00. The molecule has 0 saturated heterocycles. The van der Waals surface area contributed by atoms with Crippen molar-refractivity contribution >= 4 is 11.0 Å². The van der Waals surface area contributed by atoms with E-state index in [1.807, 2.05) is 26.1 Å². The molecule has 2 heteroatoms. The monoisotopic (exact) mass is 294 g/mol. The number of H-pyrrole nitrogens is 1. The molecule has 116 valence electrons. The van der Waals surface area contributed by atoms with Crippen LogP contribution in [-0.2, 0) is 0 Å². The van der Waals surface area contributed by atoms with E-state index in [2.05, 4.69) is 62.1 Å². The third kappa shape index (κ3) is 2.92. The van der Waals surface area contributed by atoms with Gasteiger partial charge in [-0.05, 0) is 60.7 Å². The summed E-state index contributed by atoms with van der Waals surface area (Å²) in [5.74, 6) is 0.368. The van der Waals surface area contributed by atoms with Gasteiger partial charge in [-0.3, -0.25) is 0 Å². The highest BCUT2D eigenvalue weighted by Crippen LogP contribution is 2.32. The Kier molecular flexibility index (Phi) is 5.02. The molecule has 0 saturated carbocycles. The number of hydrogen-bond donors (Lipinski definition) is 1. The van der Waals surface area contributed by atoms with Gasteiger partial charge in [0, 0.05) is 23.7 Å². The first-order valence-electron chi connectivity index (χ1n) is 8.07. The van der Waals surface area contributed by atoms with E-state index in [1.165, 1.54) is 33.2 Å². The van der Waals surface area contributed by atoms with Crippen LogP contribution in [0, 0.1) is 20.8 Å². The van der Waals surface area contributed by atoms with E-state index >= 15 is 0 Å². The standard InChI is InChI=1S/C18H20N2.C2H6/c1-11-8-13(3)16(9-12(11)2)14(4)17-10-20-18-15(17)6-5-7-19-18;1-2/h5-10,14H,1-4H3,(H,19,20);1-2H3. The zero-order chi connectivity index (χ0) is 16.3. The Morgan fingerprint density at radius 2 is 1.64 bits per heavy atom. The van der Waals surface area contributed by atoms with Crippen LogP contribution in [0.3, 0.4) is 0 Å². The van der Waals surface area contributed by atoms with Crippen molar-refractivity contribution in [1.29, 1.82) is 0 Å². The molecule has 22 heavy (non-hydrogen) atoms. The lowest BCUT2D eigenvalue weighted by molar-refractivity contribution is 0.914. The quantitative estimate of drug-likeness (QED) is 0.648. The number of aromatic nitrogens is 2. The summed E-state index contributed by atoms with van der Waals surface area (Å²) in [4.78, 5) is 7.65. The van der Waals surface area contributed by atoms with Crippen molar-refractivity contribution in [3.8, 4) is 0 Å². The second kappa shape index (κ2) is 6.78. The maximum Gasteiger partial charge on any atom is 0.137 e. The van der Waals surface area contributed by atoms with E-state index in [4.69, 9.17) is 0 Å². The number of nitrogens with one attached hydrogen (secondary N) is 1. The Hall–Kier alpha value is -2.09. The van der Waals surface area contributed by atoms with E-state index in [9.17, 15) is 0 Å². The minimum atomic E-state index is 0.368. The highest BCUT2D eigenvalue weighted by atomic mass is 14.8. The highest BCUT2D eigenvalue weighted by Gasteiger charge is 2.16. The second-order valence-electron chi connectivity index (χ2n) is 5.66. The second-order valence-corrected chi connectivity index (χ2v) is 5.66. The first-order chi connectivity index (χ1) is 10.6. The summed E-state index contributed by atoms with van der Waals surface area (Å²) in [5, 5.41) is 1.22. The van der Waals surface area contributed by atoms with Crippen LogP contribution in [0.5, 0.6) is 0 Å². The fourth-order valence-electron chi connectivity index (χ4n) is 2.95. The predicted octanol–water partition coefficient (Wildman–Crippen LogP) is 5.67. The lowest BCUT2D eigenvalue weighted by atomic mass is 9.88. The van der Waals surface area contributed by atoms with Crippen LogP contribution in [0.1, 0.15) is 54.5 Å². The number of hydrogen-bond acceptors (Lipinski definition) is 1. The van der Waals surface area contributed by atoms with Gasteiger partial charge in [0.05, 0.1) is 0 Å². The number of rotatable bonds is 2. The van der Waals surface area contributed by atoms with Crippen LogP contribution in [0.4, 0.5) is 0 Å². The van der Waals surface area contributed by atoms with Crippen LogP contribution in [0.2, 0.25) is 0 Å². The molecule has 2 nitrogen and oxygen atoms in total. The SMILES string of the molecule is CC.Cc1cc(C)c(C(C)c2c[nH]c3ncccc23)cc1C. The molecule has 0 bridgehead atoms. The van der Waals surface area contributed by atoms with Crippen molar-refractivity contribution in [3.05, 3.63) is 64.5 Å². The Morgan fingerprint density at radius 1 is 0.955 bits per heavy atom. The Labute approximate surface area is 133 Å². The topological polar surface area (TPSA) is 28.7 Å². The molecule has 0 fully saturated rings. The van der Waals surface area contributed by atoms with Crippen LogP contribution >= 0.6 is 0 Å². The van der Waals surface area contributed by atoms with E-state index < -0.39 is 0 Å². The van der Waals surface area contributed by atoms with E-state index in [0.717, 1.165) is 5.65 Å². The van der Waals surface area contributed by atoms with Gasteiger partial charge in [-0.2, -0.15) is 0 Å². The zero-order valence-electron chi connectivity index (χ0n) is 14.5. The molecular formula is C20H26N2. The molecule has 1 unspecified atom stereocenters. The molecule has 0 aliphatic carbocycles. The Morgan fingerprint density at radius 3 is 2.36 bits per heavy atom. The van der Waals surface area contributed by atoms with Crippen molar-refractivity contribution in [2.45, 2.75) is 47.5 Å². The van der Waals surface area contributed by atoms with Crippen LogP contribution in [0.25, 0.3) is 11.0 Å². The van der Waals surface area contributed by atoms with Gasteiger partial charge in [-0.15, -0.1) is 0 Å². The van der Waals surface area contributed by atoms with Crippen molar-refractivity contribution in [2.24, 2.45) is 0 Å². The number of nitrogens with zero attached hydrogens (tertiary/aromatic N) is 1. The van der Waals surface area contributed by atoms with E-state index in [1.54, 1.807) is 0 Å². The largest absolute Gasteiger partial charge is 0.346 e. The molecule has 0 aliphatic heterocycles. The average molecular weight is 294 g/mol. The van der Waals surface area contributed by atoms with Gasteiger partial charge in [0.25, 0.3) is 0 Å². The number of aryl methyl sites for hydroxylation is 3. The number of fused-ring (bicyclic) bond motifs is 1.